The Hall–Kier alpha value is -0.650. The number of carboxylic acids is 1. The second-order valence-electron chi connectivity index (χ2n) is 5.85. The highest BCUT2D eigenvalue weighted by Gasteiger charge is 2.08. The molecule has 0 bridgehead atoms. The lowest BCUT2D eigenvalue weighted by Gasteiger charge is -2.07. The van der Waals surface area contributed by atoms with E-state index < -0.39 is 18.2 Å². The fourth-order valence-corrected chi connectivity index (χ4v) is 2.39. The summed E-state index contributed by atoms with van der Waals surface area (Å²) in [4.78, 5) is 10.4. The van der Waals surface area contributed by atoms with E-state index in [0.29, 0.717) is 12.8 Å². The first kappa shape index (κ1) is 20.3. The van der Waals surface area contributed by atoms with Gasteiger partial charge in [-0.15, -0.1) is 0 Å². The third-order valence-electron chi connectivity index (χ3n) is 3.70. The van der Waals surface area contributed by atoms with Crippen molar-refractivity contribution in [3.8, 4) is 0 Å². The van der Waals surface area contributed by atoms with Gasteiger partial charge in [-0.3, -0.25) is 4.79 Å². The number of carbonyl (C=O) groups is 1. The zero-order valence-electron chi connectivity index (χ0n) is 13.0. The molecule has 4 N–H and O–H groups in total. The summed E-state index contributed by atoms with van der Waals surface area (Å²) in [5.74, 6) is -0.936. The quantitative estimate of drug-likeness (QED) is 0.348. The first-order valence-electron chi connectivity index (χ1n) is 8.25. The molecule has 0 aromatic carbocycles. The van der Waals surface area contributed by atoms with E-state index in [9.17, 15) is 9.90 Å². The molecular formula is C16H32O5. The van der Waals surface area contributed by atoms with Crippen LogP contribution in [0.1, 0.15) is 77.0 Å². The summed E-state index contributed by atoms with van der Waals surface area (Å²) in [7, 11) is 0. The molecule has 0 rings (SSSR count). The average Bonchev–Trinajstić information content (AvgIpc) is 2.43. The summed E-state index contributed by atoms with van der Waals surface area (Å²) in [6.07, 6.45) is 9.83. The van der Waals surface area contributed by atoms with Crippen LogP contribution in [-0.4, -0.2) is 45.2 Å². The number of aliphatic hydroxyl groups excluding tert-OH is 3. The molecule has 0 saturated heterocycles. The van der Waals surface area contributed by atoms with Gasteiger partial charge in [0.25, 0.3) is 0 Å². The Morgan fingerprint density at radius 3 is 1.48 bits per heavy atom. The summed E-state index contributed by atoms with van der Waals surface area (Å²) in [6.45, 7) is -0.138. The maximum Gasteiger partial charge on any atom is 0.305 e. The summed E-state index contributed by atoms with van der Waals surface area (Å²) < 4.78 is 0. The number of carboxylic acid groups (broad SMARTS) is 1. The zero-order chi connectivity index (χ0) is 15.9. The van der Waals surface area contributed by atoms with Gasteiger partial charge in [0.1, 0.15) is 0 Å². The highest BCUT2D eigenvalue weighted by atomic mass is 16.4. The van der Waals surface area contributed by atoms with Crippen LogP contribution in [0.15, 0.2) is 0 Å². The van der Waals surface area contributed by atoms with Crippen molar-refractivity contribution in [3.63, 3.8) is 0 Å². The van der Waals surface area contributed by atoms with Crippen molar-refractivity contribution < 1.29 is 25.2 Å². The van der Waals surface area contributed by atoms with Crippen molar-refractivity contribution >= 4 is 5.97 Å². The van der Waals surface area contributed by atoms with Gasteiger partial charge in [0.2, 0.25) is 0 Å². The molecule has 126 valence electrons. The van der Waals surface area contributed by atoms with Gasteiger partial charge in [-0.1, -0.05) is 57.8 Å². The third-order valence-corrected chi connectivity index (χ3v) is 3.70. The Morgan fingerprint density at radius 2 is 1.10 bits per heavy atom. The standard InChI is InChI=1S/C16H32O5/c17-13-15(19)11-9-7-5-3-1-2-4-6-8-10-14(18)12-16(20)21/h14-15,17-19H,1-13H2,(H,20,21). The summed E-state index contributed by atoms with van der Waals surface area (Å²) in [5.41, 5.74) is 0. The Balaban J connectivity index is 3.14. The molecule has 0 aromatic rings. The first-order valence-corrected chi connectivity index (χ1v) is 8.25. The fourth-order valence-electron chi connectivity index (χ4n) is 2.39. The van der Waals surface area contributed by atoms with Crippen molar-refractivity contribution in [2.45, 2.75) is 89.3 Å². The molecule has 0 radical (unpaired) electrons. The second kappa shape index (κ2) is 14.3. The minimum atomic E-state index is -0.936. The molecular weight excluding hydrogens is 272 g/mol. The molecule has 0 spiro atoms. The Labute approximate surface area is 128 Å². The van der Waals surface area contributed by atoms with E-state index in [1.54, 1.807) is 0 Å². The van der Waals surface area contributed by atoms with Crippen molar-refractivity contribution in [1.29, 1.82) is 0 Å². The Morgan fingerprint density at radius 1 is 0.714 bits per heavy atom. The lowest BCUT2D eigenvalue weighted by molar-refractivity contribution is -0.139. The van der Waals surface area contributed by atoms with Crippen molar-refractivity contribution in [1.82, 2.24) is 0 Å². The van der Waals surface area contributed by atoms with Gasteiger partial charge < -0.3 is 20.4 Å². The lowest BCUT2D eigenvalue weighted by Crippen LogP contribution is -2.12. The maximum absolute atomic E-state index is 10.4. The van der Waals surface area contributed by atoms with Gasteiger partial charge in [-0.05, 0) is 12.8 Å². The molecule has 0 amide bonds. The second-order valence-corrected chi connectivity index (χ2v) is 5.85. The smallest absolute Gasteiger partial charge is 0.305 e. The van der Waals surface area contributed by atoms with E-state index >= 15 is 0 Å². The van der Waals surface area contributed by atoms with Crippen LogP contribution in [0.3, 0.4) is 0 Å². The van der Waals surface area contributed by atoms with E-state index in [1.807, 2.05) is 0 Å². The molecule has 0 aliphatic carbocycles. The molecule has 0 saturated carbocycles. The summed E-state index contributed by atoms with van der Waals surface area (Å²) in [5, 5.41) is 35.7. The van der Waals surface area contributed by atoms with E-state index in [1.165, 1.54) is 25.7 Å². The van der Waals surface area contributed by atoms with E-state index in [2.05, 4.69) is 0 Å². The van der Waals surface area contributed by atoms with Crippen LogP contribution in [0.2, 0.25) is 0 Å². The molecule has 2 unspecified atom stereocenters. The van der Waals surface area contributed by atoms with Crippen LogP contribution in [0.25, 0.3) is 0 Å². The van der Waals surface area contributed by atoms with E-state index in [4.69, 9.17) is 15.3 Å². The minimum absolute atomic E-state index is 0.138. The van der Waals surface area contributed by atoms with Crippen LogP contribution in [0, 0.1) is 0 Å². The molecule has 0 aliphatic heterocycles. The van der Waals surface area contributed by atoms with Crippen LogP contribution >= 0.6 is 0 Å². The molecule has 0 heterocycles. The van der Waals surface area contributed by atoms with Gasteiger partial charge >= 0.3 is 5.97 Å². The number of aliphatic hydroxyl groups is 3. The molecule has 2 atom stereocenters. The summed E-state index contributed by atoms with van der Waals surface area (Å²) in [6, 6.07) is 0. The molecule has 0 fully saturated rings. The van der Waals surface area contributed by atoms with Crippen LogP contribution in [0.4, 0.5) is 0 Å². The number of rotatable bonds is 15. The van der Waals surface area contributed by atoms with Gasteiger partial charge in [-0.2, -0.15) is 0 Å². The molecule has 5 heteroatoms. The maximum atomic E-state index is 10.4. The monoisotopic (exact) mass is 304 g/mol. The van der Waals surface area contributed by atoms with E-state index in [-0.39, 0.29) is 13.0 Å². The van der Waals surface area contributed by atoms with Crippen LogP contribution in [-0.2, 0) is 4.79 Å². The molecule has 0 aliphatic rings. The van der Waals surface area contributed by atoms with Crippen molar-refractivity contribution in [2.24, 2.45) is 0 Å². The third kappa shape index (κ3) is 15.6. The van der Waals surface area contributed by atoms with Crippen LogP contribution < -0.4 is 0 Å². The highest BCUT2D eigenvalue weighted by molar-refractivity contribution is 5.67. The van der Waals surface area contributed by atoms with Gasteiger partial charge in [0, 0.05) is 0 Å². The molecule has 0 aromatic heterocycles. The number of aliphatic carboxylic acids is 1. The Kier molecular flexibility index (Phi) is 13.9. The Bertz CT molecular complexity index is 245. The number of hydrogen-bond donors (Lipinski definition) is 4. The summed E-state index contributed by atoms with van der Waals surface area (Å²) >= 11 is 0. The van der Waals surface area contributed by atoms with Gasteiger partial charge in [0.05, 0.1) is 25.2 Å². The highest BCUT2D eigenvalue weighted by Crippen LogP contribution is 2.13. The van der Waals surface area contributed by atoms with Gasteiger partial charge in [0.15, 0.2) is 0 Å². The van der Waals surface area contributed by atoms with Crippen molar-refractivity contribution in [3.05, 3.63) is 0 Å². The largest absolute Gasteiger partial charge is 0.481 e. The average molecular weight is 304 g/mol. The fraction of sp³-hybridized carbons (Fsp3) is 0.938. The number of hydrogen-bond acceptors (Lipinski definition) is 4. The molecule has 5 nitrogen and oxygen atoms in total. The molecule has 21 heavy (non-hydrogen) atoms. The van der Waals surface area contributed by atoms with Crippen LogP contribution in [0.5, 0.6) is 0 Å². The van der Waals surface area contributed by atoms with E-state index in [0.717, 1.165) is 32.1 Å². The number of unbranched alkanes of at least 4 members (excludes halogenated alkanes) is 8. The SMILES string of the molecule is O=C(O)CC(O)CCCCCCCCCCCC(O)CO. The first-order chi connectivity index (χ1) is 10.1. The topological polar surface area (TPSA) is 98.0 Å². The van der Waals surface area contributed by atoms with Crippen molar-refractivity contribution in [2.75, 3.05) is 6.61 Å². The lowest BCUT2D eigenvalue weighted by atomic mass is 10.0. The normalized spacial score (nSPS) is 14.0. The zero-order valence-corrected chi connectivity index (χ0v) is 13.0. The van der Waals surface area contributed by atoms with Gasteiger partial charge in [-0.25, -0.2) is 0 Å². The minimum Gasteiger partial charge on any atom is -0.481 e. The predicted molar refractivity (Wildman–Crippen MR) is 82.1 cm³/mol. The predicted octanol–water partition coefficient (Wildman–Crippen LogP) is 2.47.